The number of carbonyl (C=O) groups is 1. The summed E-state index contributed by atoms with van der Waals surface area (Å²) in [7, 11) is 1.57. The van der Waals surface area contributed by atoms with E-state index in [1.165, 1.54) is 0 Å². The fraction of sp³-hybridized carbons (Fsp3) is 0.211. The van der Waals surface area contributed by atoms with Gasteiger partial charge in [-0.1, -0.05) is 41.0 Å². The van der Waals surface area contributed by atoms with Crippen LogP contribution >= 0.6 is 0 Å². The second kappa shape index (κ2) is 7.17. The van der Waals surface area contributed by atoms with E-state index in [-0.39, 0.29) is 18.3 Å². The first-order valence-corrected chi connectivity index (χ1v) is 7.89. The zero-order valence-corrected chi connectivity index (χ0v) is 14.4. The number of nitrogens with one attached hydrogen (secondary N) is 1. The molecule has 0 aliphatic heterocycles. The highest BCUT2D eigenvalue weighted by atomic mass is 16.5. The first-order valence-electron chi connectivity index (χ1n) is 7.89. The minimum absolute atomic E-state index is 0.0659. The van der Waals surface area contributed by atoms with Gasteiger partial charge >= 0.3 is 6.01 Å². The number of ether oxygens (including phenoxy) is 1. The number of nitrogens with zero attached hydrogens (tertiary/aromatic N) is 2. The highest BCUT2D eigenvalue weighted by molar-refractivity contribution is 5.90. The Morgan fingerprint density at radius 2 is 1.96 bits per heavy atom. The third-order valence-electron chi connectivity index (χ3n) is 3.86. The van der Waals surface area contributed by atoms with Crippen molar-refractivity contribution in [1.82, 2.24) is 10.2 Å². The molecule has 6 nitrogen and oxygen atoms in total. The number of carbonyl (C=O) groups excluding carboxylic acids is 1. The molecule has 0 saturated carbocycles. The van der Waals surface area contributed by atoms with Gasteiger partial charge in [0.15, 0.2) is 0 Å². The van der Waals surface area contributed by atoms with Crippen molar-refractivity contribution in [2.45, 2.75) is 20.3 Å². The molecule has 0 aliphatic carbocycles. The standard InChI is InChI=1S/C19H19N3O3/c1-12-8-9-13(2)14(10-12)11-17(23)20-19-22-21-18(25-19)15-6-4-5-7-16(15)24-3/h4-10H,11H2,1-3H3,(H,20,22,23). The lowest BCUT2D eigenvalue weighted by Crippen LogP contribution is -2.15. The van der Waals surface area contributed by atoms with E-state index in [0.717, 1.165) is 16.7 Å². The van der Waals surface area contributed by atoms with E-state index in [1.807, 2.05) is 50.2 Å². The topological polar surface area (TPSA) is 77.3 Å². The molecule has 128 valence electrons. The summed E-state index contributed by atoms with van der Waals surface area (Å²) >= 11 is 0. The number of aromatic nitrogens is 2. The number of anilines is 1. The average molecular weight is 337 g/mol. The van der Waals surface area contributed by atoms with Gasteiger partial charge in [-0.25, -0.2) is 0 Å². The van der Waals surface area contributed by atoms with Crippen LogP contribution in [0.4, 0.5) is 6.01 Å². The van der Waals surface area contributed by atoms with Crippen molar-refractivity contribution in [2.24, 2.45) is 0 Å². The Labute approximate surface area is 145 Å². The van der Waals surface area contributed by atoms with Crippen molar-refractivity contribution in [3.05, 3.63) is 59.2 Å². The van der Waals surface area contributed by atoms with Crippen LogP contribution < -0.4 is 10.1 Å². The number of hydrogen-bond donors (Lipinski definition) is 1. The minimum atomic E-state index is -0.205. The van der Waals surface area contributed by atoms with Gasteiger partial charge in [0.05, 0.1) is 19.1 Å². The van der Waals surface area contributed by atoms with Crippen LogP contribution in [0.5, 0.6) is 5.75 Å². The highest BCUT2D eigenvalue weighted by Crippen LogP contribution is 2.29. The highest BCUT2D eigenvalue weighted by Gasteiger charge is 2.15. The Morgan fingerprint density at radius 1 is 1.16 bits per heavy atom. The summed E-state index contributed by atoms with van der Waals surface area (Å²) in [6, 6.07) is 13.4. The third-order valence-corrected chi connectivity index (χ3v) is 3.86. The van der Waals surface area contributed by atoms with Crippen molar-refractivity contribution < 1.29 is 13.9 Å². The van der Waals surface area contributed by atoms with Crippen molar-refractivity contribution >= 4 is 11.9 Å². The average Bonchev–Trinajstić information content (AvgIpc) is 3.06. The maximum atomic E-state index is 12.3. The van der Waals surface area contributed by atoms with Crippen LogP contribution in [0.3, 0.4) is 0 Å². The molecule has 0 fully saturated rings. The largest absolute Gasteiger partial charge is 0.496 e. The summed E-state index contributed by atoms with van der Waals surface area (Å²) in [5, 5.41) is 10.5. The molecule has 3 rings (SSSR count). The maximum Gasteiger partial charge on any atom is 0.322 e. The van der Waals surface area contributed by atoms with E-state index >= 15 is 0 Å². The van der Waals surface area contributed by atoms with Crippen molar-refractivity contribution in [3.8, 4) is 17.2 Å². The number of para-hydroxylation sites is 1. The zero-order valence-electron chi connectivity index (χ0n) is 14.4. The van der Waals surface area contributed by atoms with Gasteiger partial charge in [-0.2, -0.15) is 0 Å². The molecule has 1 amide bonds. The number of hydrogen-bond acceptors (Lipinski definition) is 5. The van der Waals surface area contributed by atoms with Gasteiger partial charge < -0.3 is 9.15 Å². The molecular formula is C19H19N3O3. The normalized spacial score (nSPS) is 10.5. The van der Waals surface area contributed by atoms with Crippen LogP contribution in [0.2, 0.25) is 0 Å². The Hall–Kier alpha value is -3.15. The van der Waals surface area contributed by atoms with Crippen LogP contribution in [0.15, 0.2) is 46.9 Å². The lowest BCUT2D eigenvalue weighted by Gasteiger charge is -2.06. The second-order valence-corrected chi connectivity index (χ2v) is 5.77. The summed E-state index contributed by atoms with van der Waals surface area (Å²) in [5.74, 6) is 0.711. The molecule has 1 aromatic heterocycles. The van der Waals surface area contributed by atoms with Gasteiger partial charge in [0.25, 0.3) is 5.89 Å². The first kappa shape index (κ1) is 16.7. The van der Waals surface area contributed by atoms with Gasteiger partial charge in [0.2, 0.25) is 5.91 Å². The van der Waals surface area contributed by atoms with E-state index in [2.05, 4.69) is 15.5 Å². The van der Waals surface area contributed by atoms with Gasteiger partial charge in [-0.3, -0.25) is 10.1 Å². The van der Waals surface area contributed by atoms with Gasteiger partial charge in [-0.15, -0.1) is 5.10 Å². The summed E-state index contributed by atoms with van der Waals surface area (Å²) < 4.78 is 10.8. The SMILES string of the molecule is COc1ccccc1-c1nnc(NC(=O)Cc2cc(C)ccc2C)o1. The van der Waals surface area contributed by atoms with E-state index < -0.39 is 0 Å². The molecule has 0 radical (unpaired) electrons. The fourth-order valence-electron chi connectivity index (χ4n) is 2.53. The minimum Gasteiger partial charge on any atom is -0.496 e. The second-order valence-electron chi connectivity index (χ2n) is 5.77. The van der Waals surface area contributed by atoms with Crippen LogP contribution in [0, 0.1) is 13.8 Å². The molecule has 0 saturated heterocycles. The van der Waals surface area contributed by atoms with Gasteiger partial charge in [0, 0.05) is 0 Å². The Bertz CT molecular complexity index is 902. The van der Waals surface area contributed by atoms with Crippen LogP contribution in [-0.4, -0.2) is 23.2 Å². The Morgan fingerprint density at radius 3 is 2.76 bits per heavy atom. The molecule has 1 heterocycles. The number of rotatable bonds is 5. The summed E-state index contributed by atoms with van der Waals surface area (Å²) in [6.07, 6.45) is 0.250. The lowest BCUT2D eigenvalue weighted by atomic mass is 10.0. The smallest absolute Gasteiger partial charge is 0.322 e. The van der Waals surface area contributed by atoms with E-state index in [4.69, 9.17) is 9.15 Å². The van der Waals surface area contributed by atoms with Crippen molar-refractivity contribution in [3.63, 3.8) is 0 Å². The molecule has 0 bridgehead atoms. The quantitative estimate of drug-likeness (QED) is 0.770. The number of amides is 1. The number of aryl methyl sites for hydroxylation is 2. The molecule has 0 unspecified atom stereocenters. The maximum absolute atomic E-state index is 12.3. The van der Waals surface area contributed by atoms with E-state index in [0.29, 0.717) is 17.2 Å². The van der Waals surface area contributed by atoms with Crippen molar-refractivity contribution in [1.29, 1.82) is 0 Å². The van der Waals surface area contributed by atoms with Crippen LogP contribution in [-0.2, 0) is 11.2 Å². The molecule has 0 spiro atoms. The molecule has 1 N–H and O–H groups in total. The Balaban J connectivity index is 1.73. The number of benzene rings is 2. The van der Waals surface area contributed by atoms with E-state index in [9.17, 15) is 4.79 Å². The van der Waals surface area contributed by atoms with Gasteiger partial charge in [0.1, 0.15) is 5.75 Å². The molecule has 25 heavy (non-hydrogen) atoms. The van der Waals surface area contributed by atoms with Crippen LogP contribution in [0.1, 0.15) is 16.7 Å². The Kier molecular flexibility index (Phi) is 4.79. The van der Waals surface area contributed by atoms with Crippen LogP contribution in [0.25, 0.3) is 11.5 Å². The molecule has 0 atom stereocenters. The fourth-order valence-corrected chi connectivity index (χ4v) is 2.53. The molecule has 3 aromatic rings. The van der Waals surface area contributed by atoms with Gasteiger partial charge in [-0.05, 0) is 37.1 Å². The molecular weight excluding hydrogens is 318 g/mol. The summed E-state index contributed by atoms with van der Waals surface area (Å²) in [4.78, 5) is 12.3. The molecule has 0 aliphatic rings. The first-order chi connectivity index (χ1) is 12.1. The number of methoxy groups -OCH3 is 1. The zero-order chi connectivity index (χ0) is 17.8. The third kappa shape index (κ3) is 3.85. The monoisotopic (exact) mass is 337 g/mol. The molecule has 2 aromatic carbocycles. The predicted octanol–water partition coefficient (Wildman–Crippen LogP) is 3.54. The molecule has 6 heteroatoms. The van der Waals surface area contributed by atoms with E-state index in [1.54, 1.807) is 13.2 Å². The predicted molar refractivity (Wildman–Crippen MR) is 94.5 cm³/mol. The lowest BCUT2D eigenvalue weighted by molar-refractivity contribution is -0.115. The summed E-state index contributed by atoms with van der Waals surface area (Å²) in [5.41, 5.74) is 3.83. The van der Waals surface area contributed by atoms with Crippen molar-refractivity contribution in [2.75, 3.05) is 12.4 Å². The summed E-state index contributed by atoms with van der Waals surface area (Å²) in [6.45, 7) is 3.98.